The standard InChI is InChI=1S/C14H19N3OS/c1-3-11-4-6-14(9-15,7-5-11)17-13(18)12-8-19-10(2)16-12/h8,11H,3-7H2,1-2H3,(H,17,18). The van der Waals surface area contributed by atoms with E-state index in [0.717, 1.165) is 37.1 Å². The Hall–Kier alpha value is -1.41. The lowest BCUT2D eigenvalue weighted by molar-refractivity contribution is 0.0886. The van der Waals surface area contributed by atoms with Gasteiger partial charge in [0.25, 0.3) is 5.91 Å². The number of nitriles is 1. The third kappa shape index (κ3) is 3.13. The summed E-state index contributed by atoms with van der Waals surface area (Å²) in [6.07, 6.45) is 4.68. The topological polar surface area (TPSA) is 65.8 Å². The Kier molecular flexibility index (Phi) is 4.20. The molecule has 1 N–H and O–H groups in total. The van der Waals surface area contributed by atoms with E-state index in [1.54, 1.807) is 5.38 Å². The van der Waals surface area contributed by atoms with E-state index in [-0.39, 0.29) is 5.91 Å². The number of rotatable bonds is 3. The zero-order valence-corrected chi connectivity index (χ0v) is 12.2. The molecule has 0 aliphatic heterocycles. The summed E-state index contributed by atoms with van der Waals surface area (Å²) in [5, 5.41) is 14.9. The average Bonchev–Trinajstić information content (AvgIpc) is 2.86. The predicted molar refractivity (Wildman–Crippen MR) is 74.9 cm³/mol. The first-order chi connectivity index (χ1) is 9.08. The van der Waals surface area contributed by atoms with E-state index in [1.807, 2.05) is 6.92 Å². The van der Waals surface area contributed by atoms with Crippen LogP contribution in [-0.4, -0.2) is 16.4 Å². The van der Waals surface area contributed by atoms with Crippen LogP contribution in [0.4, 0.5) is 0 Å². The van der Waals surface area contributed by atoms with Gasteiger partial charge >= 0.3 is 0 Å². The van der Waals surface area contributed by atoms with E-state index in [2.05, 4.69) is 23.3 Å². The fourth-order valence-electron chi connectivity index (χ4n) is 2.59. The molecule has 1 aromatic rings. The molecular weight excluding hydrogens is 258 g/mol. The van der Waals surface area contributed by atoms with Crippen molar-refractivity contribution >= 4 is 17.2 Å². The number of nitrogens with zero attached hydrogens (tertiary/aromatic N) is 2. The third-order valence-corrected chi connectivity index (χ3v) is 4.73. The second-order valence-electron chi connectivity index (χ2n) is 5.25. The SMILES string of the molecule is CCC1CCC(C#N)(NC(=O)c2csc(C)n2)CC1. The molecule has 5 heteroatoms. The number of carbonyl (C=O) groups is 1. The van der Waals surface area contributed by atoms with Gasteiger partial charge in [-0.2, -0.15) is 5.26 Å². The van der Waals surface area contributed by atoms with Crippen molar-refractivity contribution in [1.82, 2.24) is 10.3 Å². The Labute approximate surface area is 117 Å². The molecule has 1 aliphatic carbocycles. The summed E-state index contributed by atoms with van der Waals surface area (Å²) >= 11 is 1.45. The van der Waals surface area contributed by atoms with Crippen LogP contribution in [0.25, 0.3) is 0 Å². The van der Waals surface area contributed by atoms with Gasteiger partial charge in [-0.15, -0.1) is 11.3 Å². The maximum atomic E-state index is 12.1. The number of aryl methyl sites for hydroxylation is 1. The number of thiazole rings is 1. The fraction of sp³-hybridized carbons (Fsp3) is 0.643. The maximum Gasteiger partial charge on any atom is 0.272 e. The third-order valence-electron chi connectivity index (χ3n) is 3.95. The summed E-state index contributed by atoms with van der Waals surface area (Å²) in [6, 6.07) is 2.31. The van der Waals surface area contributed by atoms with Gasteiger partial charge in [0.1, 0.15) is 11.2 Å². The van der Waals surface area contributed by atoms with Crippen molar-refractivity contribution in [3.63, 3.8) is 0 Å². The number of nitrogens with one attached hydrogen (secondary N) is 1. The molecule has 102 valence electrons. The van der Waals surface area contributed by atoms with Crippen LogP contribution in [0.5, 0.6) is 0 Å². The summed E-state index contributed by atoms with van der Waals surface area (Å²) in [4.78, 5) is 16.3. The lowest BCUT2D eigenvalue weighted by Gasteiger charge is -2.35. The summed E-state index contributed by atoms with van der Waals surface area (Å²) in [7, 11) is 0. The number of amides is 1. The molecular formula is C14H19N3OS. The minimum Gasteiger partial charge on any atom is -0.332 e. The molecule has 0 unspecified atom stereocenters. The van der Waals surface area contributed by atoms with Crippen LogP contribution >= 0.6 is 11.3 Å². The van der Waals surface area contributed by atoms with Gasteiger partial charge in [-0.3, -0.25) is 4.79 Å². The molecule has 1 saturated carbocycles. The van der Waals surface area contributed by atoms with E-state index >= 15 is 0 Å². The van der Waals surface area contributed by atoms with Crippen molar-refractivity contribution in [2.45, 2.75) is 51.5 Å². The minimum atomic E-state index is -0.694. The first-order valence-corrected chi connectivity index (χ1v) is 7.62. The van der Waals surface area contributed by atoms with Crippen molar-refractivity contribution in [1.29, 1.82) is 5.26 Å². The first-order valence-electron chi connectivity index (χ1n) is 6.74. The molecule has 1 heterocycles. The second kappa shape index (κ2) is 5.70. The summed E-state index contributed by atoms with van der Waals surface area (Å²) in [6.45, 7) is 4.05. The number of hydrogen-bond acceptors (Lipinski definition) is 4. The fourth-order valence-corrected chi connectivity index (χ4v) is 3.19. The average molecular weight is 277 g/mol. The highest BCUT2D eigenvalue weighted by atomic mass is 32.1. The molecule has 19 heavy (non-hydrogen) atoms. The molecule has 1 fully saturated rings. The number of aromatic nitrogens is 1. The van der Waals surface area contributed by atoms with E-state index < -0.39 is 5.54 Å². The van der Waals surface area contributed by atoms with Crippen molar-refractivity contribution in [3.8, 4) is 6.07 Å². The van der Waals surface area contributed by atoms with Crippen LogP contribution in [0.2, 0.25) is 0 Å². The second-order valence-corrected chi connectivity index (χ2v) is 6.31. The largest absolute Gasteiger partial charge is 0.332 e. The van der Waals surface area contributed by atoms with Crippen LogP contribution < -0.4 is 5.32 Å². The number of hydrogen-bond donors (Lipinski definition) is 1. The zero-order valence-electron chi connectivity index (χ0n) is 11.4. The highest BCUT2D eigenvalue weighted by Gasteiger charge is 2.36. The maximum absolute atomic E-state index is 12.1. The van der Waals surface area contributed by atoms with Crippen LogP contribution in [0.1, 0.15) is 54.5 Å². The predicted octanol–water partition coefficient (Wildman–Crippen LogP) is 3.04. The summed E-state index contributed by atoms with van der Waals surface area (Å²) < 4.78 is 0. The van der Waals surface area contributed by atoms with Crippen molar-refractivity contribution in [2.24, 2.45) is 5.92 Å². The quantitative estimate of drug-likeness (QED) is 0.923. The summed E-state index contributed by atoms with van der Waals surface area (Å²) in [5.74, 6) is 0.473. The van der Waals surface area contributed by atoms with Crippen molar-refractivity contribution < 1.29 is 4.79 Å². The molecule has 0 aromatic carbocycles. The van der Waals surface area contributed by atoms with E-state index in [0.29, 0.717) is 11.6 Å². The van der Waals surface area contributed by atoms with Gasteiger partial charge in [0.05, 0.1) is 11.1 Å². The first kappa shape index (κ1) is 14.0. The Morgan fingerprint density at radius 2 is 2.32 bits per heavy atom. The Bertz CT molecular complexity index is 495. The molecule has 0 bridgehead atoms. The molecule has 0 atom stereocenters. The van der Waals surface area contributed by atoms with Gasteiger partial charge in [0.15, 0.2) is 0 Å². The molecule has 1 aliphatic rings. The summed E-state index contributed by atoms with van der Waals surface area (Å²) in [5.41, 5.74) is -0.268. The van der Waals surface area contributed by atoms with Gasteiger partial charge in [-0.25, -0.2) is 4.98 Å². The lowest BCUT2D eigenvalue weighted by atomic mass is 9.76. The van der Waals surface area contributed by atoms with E-state index in [4.69, 9.17) is 0 Å². The normalized spacial score (nSPS) is 26.7. The van der Waals surface area contributed by atoms with Crippen molar-refractivity contribution in [2.75, 3.05) is 0 Å². The van der Waals surface area contributed by atoms with Crippen molar-refractivity contribution in [3.05, 3.63) is 16.1 Å². The van der Waals surface area contributed by atoms with Gasteiger partial charge in [0, 0.05) is 5.38 Å². The lowest BCUT2D eigenvalue weighted by Crippen LogP contribution is -2.49. The van der Waals surface area contributed by atoms with Crippen LogP contribution in [-0.2, 0) is 0 Å². The van der Waals surface area contributed by atoms with Crippen LogP contribution in [0.15, 0.2) is 5.38 Å². The molecule has 2 rings (SSSR count). The molecule has 0 saturated heterocycles. The Morgan fingerprint density at radius 3 is 2.79 bits per heavy atom. The monoisotopic (exact) mass is 277 g/mol. The van der Waals surface area contributed by atoms with E-state index in [1.165, 1.54) is 11.3 Å². The van der Waals surface area contributed by atoms with Crippen LogP contribution in [0.3, 0.4) is 0 Å². The zero-order chi connectivity index (χ0) is 13.9. The van der Waals surface area contributed by atoms with E-state index in [9.17, 15) is 10.1 Å². The Balaban J connectivity index is 2.04. The molecule has 4 nitrogen and oxygen atoms in total. The smallest absolute Gasteiger partial charge is 0.272 e. The highest BCUT2D eigenvalue weighted by Crippen LogP contribution is 2.33. The van der Waals surface area contributed by atoms with Gasteiger partial charge in [0.2, 0.25) is 0 Å². The Morgan fingerprint density at radius 1 is 1.63 bits per heavy atom. The van der Waals surface area contributed by atoms with Crippen LogP contribution in [0, 0.1) is 24.2 Å². The molecule has 0 radical (unpaired) electrons. The van der Waals surface area contributed by atoms with Gasteiger partial charge in [-0.1, -0.05) is 13.3 Å². The van der Waals surface area contributed by atoms with Gasteiger partial charge in [-0.05, 0) is 38.5 Å². The molecule has 1 aromatic heterocycles. The molecule has 1 amide bonds. The minimum absolute atomic E-state index is 0.221. The number of carbonyl (C=O) groups excluding carboxylic acids is 1. The molecule has 0 spiro atoms. The van der Waals surface area contributed by atoms with Gasteiger partial charge < -0.3 is 5.32 Å². The highest BCUT2D eigenvalue weighted by molar-refractivity contribution is 7.09.